The maximum atomic E-state index is 14.0. The van der Waals surface area contributed by atoms with Crippen LogP contribution >= 0.6 is 0 Å². The summed E-state index contributed by atoms with van der Waals surface area (Å²) in [5.74, 6) is -1.44. The lowest BCUT2D eigenvalue weighted by Crippen LogP contribution is -2.61. The fourth-order valence-corrected chi connectivity index (χ4v) is 5.90. The number of rotatable bonds is 13. The number of hydrogen-bond donors (Lipinski definition) is 6. The van der Waals surface area contributed by atoms with E-state index in [0.717, 1.165) is 34.1 Å². The number of aromatic amines is 1. The average molecular weight is 653 g/mol. The van der Waals surface area contributed by atoms with Crippen molar-refractivity contribution in [2.24, 2.45) is 5.73 Å². The summed E-state index contributed by atoms with van der Waals surface area (Å²) < 4.78 is 0. The number of fused-ring (bicyclic) bond motifs is 1. The Bertz CT molecular complexity index is 1700. The number of piperazine rings is 1. The predicted molar refractivity (Wildman–Crippen MR) is 186 cm³/mol. The normalized spacial score (nSPS) is 16.4. The molecule has 0 unspecified atom stereocenters. The molecule has 3 aromatic carbocycles. The van der Waals surface area contributed by atoms with Crippen molar-refractivity contribution in [1.82, 2.24) is 25.4 Å². The second-order valence-electron chi connectivity index (χ2n) is 12.3. The van der Waals surface area contributed by atoms with E-state index in [1.165, 1.54) is 19.1 Å². The molecular weight excluding hydrogens is 608 g/mol. The van der Waals surface area contributed by atoms with Crippen molar-refractivity contribution < 1.29 is 24.6 Å². The maximum Gasteiger partial charge on any atom is 0.245 e. The van der Waals surface area contributed by atoms with Crippen LogP contribution in [0.15, 0.2) is 91.1 Å². The minimum Gasteiger partial charge on any atom is -0.508 e. The molecule has 1 aliphatic heterocycles. The first-order valence-corrected chi connectivity index (χ1v) is 16.3. The van der Waals surface area contributed by atoms with E-state index in [1.54, 1.807) is 17.0 Å². The minimum absolute atomic E-state index is 0.0946. The van der Waals surface area contributed by atoms with Crippen molar-refractivity contribution >= 4 is 34.7 Å². The third kappa shape index (κ3) is 9.09. The molecule has 0 spiro atoms. The van der Waals surface area contributed by atoms with Crippen molar-refractivity contribution in [3.63, 3.8) is 0 Å². The number of aliphatic hydroxyl groups is 1. The summed E-state index contributed by atoms with van der Waals surface area (Å²) >= 11 is 0. The molecule has 0 radical (unpaired) electrons. The molecule has 3 amide bonds. The number of aromatic nitrogens is 1. The maximum absolute atomic E-state index is 14.0. The summed E-state index contributed by atoms with van der Waals surface area (Å²) in [6, 6.07) is 20.9. The molecule has 11 heteroatoms. The highest BCUT2D eigenvalue weighted by Gasteiger charge is 2.34. The number of hydrogen-bond acceptors (Lipinski definition) is 7. The second-order valence-corrected chi connectivity index (χ2v) is 12.3. The van der Waals surface area contributed by atoms with Gasteiger partial charge in [0.05, 0.1) is 12.1 Å². The monoisotopic (exact) mass is 652 g/mol. The lowest BCUT2D eigenvalue weighted by molar-refractivity contribution is -0.139. The third-order valence-electron chi connectivity index (χ3n) is 8.66. The van der Waals surface area contributed by atoms with Crippen LogP contribution in [0.25, 0.3) is 17.0 Å². The van der Waals surface area contributed by atoms with Gasteiger partial charge in [-0.2, -0.15) is 0 Å². The number of benzene rings is 3. The summed E-state index contributed by atoms with van der Waals surface area (Å²) in [5, 5.41) is 26.5. The molecule has 1 fully saturated rings. The van der Waals surface area contributed by atoms with E-state index in [-0.39, 0.29) is 24.5 Å². The zero-order chi connectivity index (χ0) is 34.0. The molecule has 5 rings (SSSR count). The summed E-state index contributed by atoms with van der Waals surface area (Å²) in [7, 11) is 0. The van der Waals surface area contributed by atoms with Crippen molar-refractivity contribution in [2.45, 2.75) is 44.0 Å². The third-order valence-corrected chi connectivity index (χ3v) is 8.66. The molecule has 0 saturated carbocycles. The Morgan fingerprint density at radius 3 is 2.29 bits per heavy atom. The quantitative estimate of drug-likeness (QED) is 0.129. The van der Waals surface area contributed by atoms with E-state index in [9.17, 15) is 24.6 Å². The van der Waals surface area contributed by atoms with Crippen LogP contribution in [0.4, 0.5) is 0 Å². The SMILES string of the molecule is C[C@H](O)[C@@H](NC(=O)[C@H](N)Cc1ccc(O)cc1)C(=O)N[C@@H](Cc1c[nH]c2ccccc12)C(=O)N1CCN(C/C=C/c2ccccc2)CC1. The van der Waals surface area contributed by atoms with Gasteiger partial charge in [-0.05, 0) is 48.2 Å². The van der Waals surface area contributed by atoms with E-state index in [2.05, 4.69) is 44.8 Å². The number of H-pyrrole nitrogens is 1. The molecule has 0 bridgehead atoms. The van der Waals surface area contributed by atoms with Crippen LogP contribution in [0.1, 0.15) is 23.6 Å². The number of phenolic OH excluding ortho intramolecular Hbond substituents is 1. The van der Waals surface area contributed by atoms with Gasteiger partial charge in [-0.3, -0.25) is 19.3 Å². The lowest BCUT2D eigenvalue weighted by atomic mass is 10.0. The number of amides is 3. The van der Waals surface area contributed by atoms with E-state index in [0.29, 0.717) is 26.2 Å². The number of aliphatic hydroxyl groups excluding tert-OH is 1. The Labute approximate surface area is 280 Å². The van der Waals surface area contributed by atoms with Gasteiger partial charge >= 0.3 is 0 Å². The lowest BCUT2D eigenvalue weighted by Gasteiger charge is -2.36. The Kier molecular flexibility index (Phi) is 11.6. The van der Waals surface area contributed by atoms with Gasteiger partial charge in [0.1, 0.15) is 17.8 Å². The molecule has 11 nitrogen and oxygen atoms in total. The molecular formula is C37H44N6O5. The van der Waals surface area contributed by atoms with Gasteiger partial charge in [-0.25, -0.2) is 0 Å². The van der Waals surface area contributed by atoms with E-state index in [4.69, 9.17) is 5.73 Å². The van der Waals surface area contributed by atoms with Gasteiger partial charge in [-0.1, -0.05) is 72.8 Å². The largest absolute Gasteiger partial charge is 0.508 e. The highest BCUT2D eigenvalue weighted by Crippen LogP contribution is 2.20. The first-order valence-electron chi connectivity index (χ1n) is 16.3. The number of nitrogens with two attached hydrogens (primary N) is 1. The molecule has 48 heavy (non-hydrogen) atoms. The fraction of sp³-hybridized carbons (Fsp3) is 0.324. The highest BCUT2D eigenvalue weighted by molar-refractivity contribution is 5.94. The molecule has 4 aromatic rings. The molecule has 1 saturated heterocycles. The Morgan fingerprint density at radius 2 is 1.58 bits per heavy atom. The number of para-hydroxylation sites is 1. The van der Waals surface area contributed by atoms with Gasteiger partial charge in [0.25, 0.3) is 0 Å². The zero-order valence-electron chi connectivity index (χ0n) is 27.1. The number of nitrogens with one attached hydrogen (secondary N) is 3. The van der Waals surface area contributed by atoms with Crippen LogP contribution in [0.2, 0.25) is 0 Å². The van der Waals surface area contributed by atoms with Crippen LogP contribution in [0.3, 0.4) is 0 Å². The van der Waals surface area contributed by atoms with Crippen LogP contribution < -0.4 is 16.4 Å². The van der Waals surface area contributed by atoms with Gasteiger partial charge in [0, 0.05) is 56.2 Å². The van der Waals surface area contributed by atoms with Crippen molar-refractivity contribution in [2.75, 3.05) is 32.7 Å². The molecule has 2 heterocycles. The summed E-state index contributed by atoms with van der Waals surface area (Å²) in [6.45, 7) is 4.53. The number of carbonyl (C=O) groups is 3. The molecule has 7 N–H and O–H groups in total. The van der Waals surface area contributed by atoms with Crippen molar-refractivity contribution in [3.05, 3.63) is 108 Å². The zero-order valence-corrected chi connectivity index (χ0v) is 27.1. The molecule has 1 aromatic heterocycles. The van der Waals surface area contributed by atoms with Crippen molar-refractivity contribution in [1.29, 1.82) is 0 Å². The van der Waals surface area contributed by atoms with Gasteiger partial charge < -0.3 is 36.5 Å². The fourth-order valence-electron chi connectivity index (χ4n) is 5.90. The number of nitrogens with zero attached hydrogens (tertiary/aromatic N) is 2. The molecule has 4 atom stereocenters. The first kappa shape index (κ1) is 34.4. The van der Waals surface area contributed by atoms with Gasteiger partial charge in [0.15, 0.2) is 0 Å². The molecule has 252 valence electrons. The summed E-state index contributed by atoms with van der Waals surface area (Å²) in [6.07, 6.45) is 5.16. The molecule has 1 aliphatic rings. The van der Waals surface area contributed by atoms with Crippen LogP contribution in [-0.4, -0.2) is 99.7 Å². The van der Waals surface area contributed by atoms with Crippen LogP contribution in [-0.2, 0) is 27.2 Å². The second kappa shape index (κ2) is 16.2. The average Bonchev–Trinajstić information content (AvgIpc) is 3.50. The Balaban J connectivity index is 1.25. The predicted octanol–water partition coefficient (Wildman–Crippen LogP) is 2.19. The Hall–Kier alpha value is -4.97. The molecule has 0 aliphatic carbocycles. The van der Waals surface area contributed by atoms with E-state index < -0.39 is 36.0 Å². The number of carbonyl (C=O) groups excluding carboxylic acids is 3. The first-order chi connectivity index (χ1) is 23.2. The smallest absolute Gasteiger partial charge is 0.245 e. The van der Waals surface area contributed by atoms with Crippen molar-refractivity contribution in [3.8, 4) is 5.75 Å². The van der Waals surface area contributed by atoms with Crippen LogP contribution in [0.5, 0.6) is 5.75 Å². The summed E-state index contributed by atoms with van der Waals surface area (Å²) in [4.78, 5) is 48.0. The summed E-state index contributed by atoms with van der Waals surface area (Å²) in [5.41, 5.74) is 9.78. The van der Waals surface area contributed by atoms with Gasteiger partial charge in [0.2, 0.25) is 17.7 Å². The minimum atomic E-state index is -1.34. The van der Waals surface area contributed by atoms with Crippen LogP contribution in [0, 0.1) is 0 Å². The van der Waals surface area contributed by atoms with E-state index >= 15 is 0 Å². The topological polar surface area (TPSA) is 164 Å². The Morgan fingerprint density at radius 1 is 0.896 bits per heavy atom. The standard InChI is InChI=1S/C37H44N6O5/c1-25(44)34(41-35(46)31(38)22-27-13-15-29(45)16-14-27)36(47)40-33(23-28-24-39-32-12-6-5-11-30(28)32)37(48)43-20-18-42(19-21-43)17-7-10-26-8-3-2-4-9-26/h2-16,24-25,31,33-34,39,44-45H,17-23,38H2,1H3,(H,40,47)(H,41,46)/b10-7+/t25-,31+,33-,34+/m0/s1. The van der Waals surface area contributed by atoms with Gasteiger partial charge in [-0.15, -0.1) is 0 Å². The number of phenols is 1. The van der Waals surface area contributed by atoms with E-state index in [1.807, 2.05) is 48.7 Å². The number of aromatic hydroxyl groups is 1. The highest BCUT2D eigenvalue weighted by atomic mass is 16.3.